The summed E-state index contributed by atoms with van der Waals surface area (Å²) < 4.78 is 17.5. The van der Waals surface area contributed by atoms with E-state index in [1.807, 2.05) is 12.1 Å². The summed E-state index contributed by atoms with van der Waals surface area (Å²) >= 11 is 0. The van der Waals surface area contributed by atoms with Crippen LogP contribution in [0.15, 0.2) is 65.5 Å². The highest BCUT2D eigenvalue weighted by atomic mass is 16.6. The van der Waals surface area contributed by atoms with Gasteiger partial charge in [-0.3, -0.25) is 4.79 Å². The minimum absolute atomic E-state index is 0.0954. The van der Waals surface area contributed by atoms with Crippen LogP contribution in [-0.4, -0.2) is 62.4 Å². The Labute approximate surface area is 239 Å². The van der Waals surface area contributed by atoms with E-state index in [1.54, 1.807) is 7.11 Å². The molecule has 6 heteroatoms. The van der Waals surface area contributed by atoms with E-state index in [4.69, 9.17) is 14.2 Å². The second-order valence-corrected chi connectivity index (χ2v) is 12.7. The van der Waals surface area contributed by atoms with Crippen LogP contribution in [0.25, 0.3) is 5.57 Å². The van der Waals surface area contributed by atoms with Crippen LogP contribution < -0.4 is 10.1 Å². The average molecular weight is 545 g/mol. The predicted molar refractivity (Wildman–Crippen MR) is 158 cm³/mol. The average Bonchev–Trinajstić information content (AvgIpc) is 3.33. The topological polar surface area (TPSA) is 60.0 Å². The summed E-state index contributed by atoms with van der Waals surface area (Å²) in [5.41, 5.74) is 4.79. The zero-order valence-electron chi connectivity index (χ0n) is 24.3. The molecule has 0 spiro atoms. The maximum absolute atomic E-state index is 13.3. The van der Waals surface area contributed by atoms with Gasteiger partial charge in [-0.2, -0.15) is 0 Å². The second-order valence-electron chi connectivity index (χ2n) is 12.7. The van der Waals surface area contributed by atoms with E-state index in [2.05, 4.69) is 60.5 Å². The Morgan fingerprint density at radius 2 is 2.05 bits per heavy atom. The van der Waals surface area contributed by atoms with Gasteiger partial charge in [-0.25, -0.2) is 0 Å². The Morgan fingerprint density at radius 1 is 1.20 bits per heavy atom. The van der Waals surface area contributed by atoms with Crippen molar-refractivity contribution < 1.29 is 19.0 Å². The monoisotopic (exact) mass is 544 g/mol. The zero-order valence-corrected chi connectivity index (χ0v) is 24.3. The lowest BCUT2D eigenvalue weighted by molar-refractivity contribution is -0.120. The number of fused-ring (bicyclic) bond motifs is 1. The summed E-state index contributed by atoms with van der Waals surface area (Å²) in [5.74, 6) is 2.32. The molecule has 6 rings (SSSR count). The molecule has 214 valence electrons. The van der Waals surface area contributed by atoms with Crippen molar-refractivity contribution in [3.05, 3.63) is 71.0 Å². The summed E-state index contributed by atoms with van der Waals surface area (Å²) in [6.45, 7) is 9.02. The number of allylic oxidation sites excluding steroid dienone is 5. The predicted octanol–water partition coefficient (Wildman–Crippen LogP) is 5.82. The lowest BCUT2D eigenvalue weighted by Gasteiger charge is -2.38. The van der Waals surface area contributed by atoms with Crippen LogP contribution in [-0.2, 0) is 14.3 Å². The molecule has 3 aliphatic carbocycles. The van der Waals surface area contributed by atoms with E-state index in [0.29, 0.717) is 25.6 Å². The minimum atomic E-state index is -0.327. The molecule has 1 aromatic rings. The van der Waals surface area contributed by atoms with Crippen molar-refractivity contribution in [2.45, 2.75) is 70.4 Å². The van der Waals surface area contributed by atoms with Gasteiger partial charge >= 0.3 is 0 Å². The molecule has 0 bridgehead atoms. The van der Waals surface area contributed by atoms with Gasteiger partial charge in [-0.1, -0.05) is 42.9 Å². The van der Waals surface area contributed by atoms with E-state index in [9.17, 15) is 4.79 Å². The van der Waals surface area contributed by atoms with Gasteiger partial charge in [-0.05, 0) is 93.0 Å². The summed E-state index contributed by atoms with van der Waals surface area (Å²) in [6, 6.07) is 8.44. The standard InChI is InChI=1S/C34H44N2O4/c1-24-17-28(27-7-6-8-29(19-27)38-3)10-9-26(24)20-32(37)35-30-22-34(30,23-36-13-4-5-14-36)21-25-11-12-33(2)31(18-25)39-15-16-40-33/h6-11,18-19,24,30H,4-5,12-17,20-23H2,1-3H3,(H,35,37). The van der Waals surface area contributed by atoms with Crippen LogP contribution in [0.2, 0.25) is 0 Å². The molecule has 1 aromatic carbocycles. The maximum Gasteiger partial charge on any atom is 0.224 e. The molecular weight excluding hydrogens is 500 g/mol. The fourth-order valence-corrected chi connectivity index (χ4v) is 7.04. The van der Waals surface area contributed by atoms with Crippen molar-refractivity contribution in [1.82, 2.24) is 10.2 Å². The first-order chi connectivity index (χ1) is 19.4. The smallest absolute Gasteiger partial charge is 0.224 e. The van der Waals surface area contributed by atoms with Crippen LogP contribution in [0.3, 0.4) is 0 Å². The first kappa shape index (κ1) is 27.3. The quantitative estimate of drug-likeness (QED) is 0.425. The van der Waals surface area contributed by atoms with Gasteiger partial charge in [0.1, 0.15) is 23.7 Å². The van der Waals surface area contributed by atoms with Gasteiger partial charge < -0.3 is 24.4 Å². The fraction of sp³-hybridized carbons (Fsp3) is 0.559. The molecule has 2 heterocycles. The Balaban J connectivity index is 1.11. The van der Waals surface area contributed by atoms with Crippen LogP contribution in [0.1, 0.15) is 64.4 Å². The van der Waals surface area contributed by atoms with E-state index in [0.717, 1.165) is 43.7 Å². The van der Waals surface area contributed by atoms with E-state index in [1.165, 1.54) is 48.2 Å². The third-order valence-electron chi connectivity index (χ3n) is 9.63. The van der Waals surface area contributed by atoms with Crippen molar-refractivity contribution in [3.63, 3.8) is 0 Å². The molecule has 4 atom stereocenters. The van der Waals surface area contributed by atoms with Gasteiger partial charge in [-0.15, -0.1) is 0 Å². The lowest BCUT2D eigenvalue weighted by Crippen LogP contribution is -2.40. The van der Waals surface area contributed by atoms with Crippen molar-refractivity contribution in [3.8, 4) is 5.75 Å². The molecule has 2 aliphatic heterocycles. The van der Waals surface area contributed by atoms with Crippen LogP contribution in [0.4, 0.5) is 0 Å². The highest BCUT2D eigenvalue weighted by Crippen LogP contribution is 2.53. The Kier molecular flexibility index (Phi) is 7.66. The van der Waals surface area contributed by atoms with Gasteiger partial charge in [0.2, 0.25) is 5.91 Å². The second kappa shape index (κ2) is 11.2. The molecule has 3 fully saturated rings. The molecule has 4 unspecified atom stereocenters. The largest absolute Gasteiger partial charge is 0.497 e. The number of hydrogen-bond donors (Lipinski definition) is 1. The van der Waals surface area contributed by atoms with Gasteiger partial charge in [0.05, 0.1) is 13.7 Å². The summed E-state index contributed by atoms with van der Waals surface area (Å²) in [5, 5.41) is 3.45. The first-order valence-electron chi connectivity index (χ1n) is 15.1. The number of benzene rings is 1. The summed E-state index contributed by atoms with van der Waals surface area (Å²) in [6.07, 6.45) is 15.7. The number of rotatable bonds is 9. The Morgan fingerprint density at radius 3 is 2.85 bits per heavy atom. The van der Waals surface area contributed by atoms with Gasteiger partial charge in [0, 0.05) is 30.8 Å². The number of ether oxygens (including phenoxy) is 3. The molecular formula is C34H44N2O4. The molecule has 5 aliphatic rings. The fourth-order valence-electron chi connectivity index (χ4n) is 7.04. The first-order valence-corrected chi connectivity index (χ1v) is 15.1. The highest BCUT2D eigenvalue weighted by Gasteiger charge is 2.56. The number of likely N-dealkylation sites (tertiary alicyclic amines) is 1. The number of carbonyl (C=O) groups excluding carboxylic acids is 1. The van der Waals surface area contributed by atoms with Gasteiger partial charge in [0.25, 0.3) is 0 Å². The third kappa shape index (κ3) is 5.80. The van der Waals surface area contributed by atoms with Crippen LogP contribution >= 0.6 is 0 Å². The zero-order chi connectivity index (χ0) is 27.7. The maximum atomic E-state index is 13.3. The summed E-state index contributed by atoms with van der Waals surface area (Å²) in [7, 11) is 1.70. The highest BCUT2D eigenvalue weighted by molar-refractivity contribution is 5.80. The molecule has 40 heavy (non-hydrogen) atoms. The number of nitrogens with zero attached hydrogens (tertiary/aromatic N) is 1. The van der Waals surface area contributed by atoms with Crippen molar-refractivity contribution in [2.75, 3.05) is 40.0 Å². The normalized spacial score (nSPS) is 31.7. The number of amides is 1. The van der Waals surface area contributed by atoms with E-state index >= 15 is 0 Å². The molecule has 6 nitrogen and oxygen atoms in total. The Hall–Kier alpha value is -2.83. The van der Waals surface area contributed by atoms with Crippen LogP contribution in [0, 0.1) is 11.3 Å². The molecule has 0 aromatic heterocycles. The number of carbonyl (C=O) groups is 1. The van der Waals surface area contributed by atoms with E-state index < -0.39 is 0 Å². The Bertz CT molecular complexity index is 1260. The minimum Gasteiger partial charge on any atom is -0.497 e. The van der Waals surface area contributed by atoms with Crippen molar-refractivity contribution in [2.24, 2.45) is 11.3 Å². The molecule has 1 N–H and O–H groups in total. The molecule has 1 saturated carbocycles. The SMILES string of the molecule is COc1cccc(C2=CC=C(CC(=O)NC3CC3(CC3=CCC4(C)OCCOC4=C3)CN3CCCC3)C(C)C2)c1. The molecule has 0 radical (unpaired) electrons. The number of methoxy groups -OCH3 is 1. The van der Waals surface area contributed by atoms with E-state index in [-0.39, 0.29) is 23.0 Å². The van der Waals surface area contributed by atoms with Gasteiger partial charge in [0.15, 0.2) is 0 Å². The third-order valence-corrected chi connectivity index (χ3v) is 9.63. The summed E-state index contributed by atoms with van der Waals surface area (Å²) in [4.78, 5) is 15.9. The van der Waals surface area contributed by atoms with Crippen molar-refractivity contribution in [1.29, 1.82) is 0 Å². The number of nitrogens with one attached hydrogen (secondary N) is 1. The number of hydrogen-bond acceptors (Lipinski definition) is 5. The molecule has 2 saturated heterocycles. The van der Waals surface area contributed by atoms with Crippen LogP contribution in [0.5, 0.6) is 5.75 Å². The lowest BCUT2D eigenvalue weighted by atomic mass is 9.84. The molecule has 1 amide bonds. The van der Waals surface area contributed by atoms with Crippen molar-refractivity contribution >= 4 is 11.5 Å².